The van der Waals surface area contributed by atoms with Crippen LogP contribution in [-0.2, 0) is 0 Å². The highest BCUT2D eigenvalue weighted by atomic mass is 16.4. The van der Waals surface area contributed by atoms with Gasteiger partial charge in [0, 0.05) is 19.0 Å². The van der Waals surface area contributed by atoms with Crippen molar-refractivity contribution in [3.63, 3.8) is 0 Å². The Morgan fingerprint density at radius 1 is 1.53 bits per heavy atom. The second-order valence-electron chi connectivity index (χ2n) is 5.06. The monoisotopic (exact) mass is 211 g/mol. The summed E-state index contributed by atoms with van der Waals surface area (Å²) in [4.78, 5) is 2.55. The van der Waals surface area contributed by atoms with Gasteiger partial charge in [-0.05, 0) is 37.6 Å². The van der Waals surface area contributed by atoms with Crippen molar-refractivity contribution < 1.29 is 5.21 Å². The maximum absolute atomic E-state index is 8.59. The first-order chi connectivity index (χ1) is 7.19. The van der Waals surface area contributed by atoms with Gasteiger partial charge in [0.25, 0.3) is 0 Å². The first-order valence-electron chi connectivity index (χ1n) is 5.89. The van der Waals surface area contributed by atoms with E-state index < -0.39 is 0 Å². The summed E-state index contributed by atoms with van der Waals surface area (Å²) >= 11 is 0. The third kappa shape index (κ3) is 2.62. The van der Waals surface area contributed by atoms with Crippen molar-refractivity contribution in [3.05, 3.63) is 0 Å². The van der Waals surface area contributed by atoms with Crippen molar-refractivity contribution >= 4 is 5.84 Å². The molecule has 86 valence electrons. The van der Waals surface area contributed by atoms with E-state index >= 15 is 0 Å². The predicted octanol–water partition coefficient (Wildman–Crippen LogP) is 1.39. The van der Waals surface area contributed by atoms with Crippen molar-refractivity contribution in [2.24, 2.45) is 16.3 Å². The standard InChI is InChI=1S/C11H21N3O/c1-2-14(9-3-4-9)8-11(5-6-11)7-10(12)13-15/h9,15H,2-8H2,1H3,(H2,12,13). The molecule has 2 rings (SSSR count). The summed E-state index contributed by atoms with van der Waals surface area (Å²) in [7, 11) is 0. The number of amidine groups is 1. The topological polar surface area (TPSA) is 61.8 Å². The van der Waals surface area contributed by atoms with Crippen LogP contribution in [-0.4, -0.2) is 35.1 Å². The molecule has 0 atom stereocenters. The van der Waals surface area contributed by atoms with Gasteiger partial charge in [-0.15, -0.1) is 0 Å². The van der Waals surface area contributed by atoms with Crippen molar-refractivity contribution in [1.82, 2.24) is 4.90 Å². The molecule has 4 heteroatoms. The molecule has 2 saturated carbocycles. The molecular weight excluding hydrogens is 190 g/mol. The zero-order valence-electron chi connectivity index (χ0n) is 9.45. The van der Waals surface area contributed by atoms with Gasteiger partial charge < -0.3 is 15.8 Å². The molecule has 0 radical (unpaired) electrons. The van der Waals surface area contributed by atoms with Crippen LogP contribution in [0.3, 0.4) is 0 Å². The molecule has 0 aromatic heterocycles. The molecule has 0 spiro atoms. The zero-order valence-corrected chi connectivity index (χ0v) is 9.45. The molecule has 0 aromatic rings. The summed E-state index contributed by atoms with van der Waals surface area (Å²) in [6.07, 6.45) is 5.92. The van der Waals surface area contributed by atoms with Crippen molar-refractivity contribution in [3.8, 4) is 0 Å². The SMILES string of the molecule is CCN(CC1(CC(N)=NO)CC1)C1CC1. The van der Waals surface area contributed by atoms with E-state index in [1.54, 1.807) is 0 Å². The lowest BCUT2D eigenvalue weighted by atomic mass is 10.0. The molecule has 0 heterocycles. The van der Waals surface area contributed by atoms with Crippen LogP contribution in [0.2, 0.25) is 0 Å². The number of hydrogen-bond acceptors (Lipinski definition) is 3. The van der Waals surface area contributed by atoms with Gasteiger partial charge in [0.15, 0.2) is 0 Å². The molecule has 0 bridgehead atoms. The minimum Gasteiger partial charge on any atom is -0.409 e. The largest absolute Gasteiger partial charge is 0.409 e. The highest BCUT2D eigenvalue weighted by Gasteiger charge is 2.46. The maximum atomic E-state index is 8.59. The molecule has 2 fully saturated rings. The Labute approximate surface area is 91.1 Å². The Balaban J connectivity index is 1.86. The average molecular weight is 211 g/mol. The van der Waals surface area contributed by atoms with E-state index in [4.69, 9.17) is 10.9 Å². The van der Waals surface area contributed by atoms with Crippen LogP contribution < -0.4 is 5.73 Å². The van der Waals surface area contributed by atoms with E-state index in [0.717, 1.165) is 25.6 Å². The fraction of sp³-hybridized carbons (Fsp3) is 0.909. The van der Waals surface area contributed by atoms with Gasteiger partial charge in [-0.3, -0.25) is 0 Å². The van der Waals surface area contributed by atoms with E-state index in [2.05, 4.69) is 17.0 Å². The Bertz CT molecular complexity index is 257. The van der Waals surface area contributed by atoms with E-state index in [-0.39, 0.29) is 0 Å². The number of rotatable bonds is 6. The van der Waals surface area contributed by atoms with Crippen LogP contribution in [0, 0.1) is 5.41 Å². The van der Waals surface area contributed by atoms with E-state index in [9.17, 15) is 0 Å². The second kappa shape index (κ2) is 4.00. The molecule has 4 nitrogen and oxygen atoms in total. The fourth-order valence-electron chi connectivity index (χ4n) is 2.36. The van der Waals surface area contributed by atoms with Gasteiger partial charge in [-0.25, -0.2) is 0 Å². The summed E-state index contributed by atoms with van der Waals surface area (Å²) in [5.74, 6) is 0.388. The van der Waals surface area contributed by atoms with Gasteiger partial charge in [0.2, 0.25) is 0 Å². The number of nitrogens with two attached hydrogens (primary N) is 1. The lowest BCUT2D eigenvalue weighted by molar-refractivity contribution is 0.221. The molecular formula is C11H21N3O. The Morgan fingerprint density at radius 2 is 2.20 bits per heavy atom. The van der Waals surface area contributed by atoms with Crippen LogP contribution in [0.15, 0.2) is 5.16 Å². The Kier molecular flexibility index (Phi) is 2.87. The lowest BCUT2D eigenvalue weighted by Gasteiger charge is -2.25. The molecule has 2 aliphatic carbocycles. The number of hydrogen-bond donors (Lipinski definition) is 2. The molecule has 0 aromatic carbocycles. The fourth-order valence-corrected chi connectivity index (χ4v) is 2.36. The van der Waals surface area contributed by atoms with Gasteiger partial charge in [0.05, 0.1) is 0 Å². The highest BCUT2D eigenvalue weighted by molar-refractivity contribution is 5.80. The maximum Gasteiger partial charge on any atom is 0.139 e. The van der Waals surface area contributed by atoms with Gasteiger partial charge in [0.1, 0.15) is 5.84 Å². The third-order valence-corrected chi connectivity index (χ3v) is 3.65. The third-order valence-electron chi connectivity index (χ3n) is 3.65. The van der Waals surface area contributed by atoms with Gasteiger partial charge in [-0.2, -0.15) is 0 Å². The van der Waals surface area contributed by atoms with Crippen LogP contribution in [0.5, 0.6) is 0 Å². The number of nitrogens with zero attached hydrogens (tertiary/aromatic N) is 2. The van der Waals surface area contributed by atoms with Crippen LogP contribution in [0.25, 0.3) is 0 Å². The molecule has 0 amide bonds. The van der Waals surface area contributed by atoms with Gasteiger partial charge in [-0.1, -0.05) is 12.1 Å². The van der Waals surface area contributed by atoms with E-state index in [0.29, 0.717) is 11.3 Å². The second-order valence-corrected chi connectivity index (χ2v) is 5.06. The zero-order chi connectivity index (χ0) is 10.9. The first-order valence-corrected chi connectivity index (χ1v) is 5.89. The molecule has 15 heavy (non-hydrogen) atoms. The summed E-state index contributed by atoms with van der Waals surface area (Å²) in [5, 5.41) is 11.7. The summed E-state index contributed by atoms with van der Waals surface area (Å²) in [6.45, 7) is 4.48. The first kappa shape index (κ1) is 10.7. The lowest BCUT2D eigenvalue weighted by Crippen LogP contribution is -2.34. The summed E-state index contributed by atoms with van der Waals surface area (Å²) < 4.78 is 0. The van der Waals surface area contributed by atoms with Crippen LogP contribution in [0.1, 0.15) is 39.0 Å². The van der Waals surface area contributed by atoms with Crippen LogP contribution in [0.4, 0.5) is 0 Å². The summed E-state index contributed by atoms with van der Waals surface area (Å²) in [6, 6.07) is 0.819. The predicted molar refractivity (Wildman–Crippen MR) is 60.0 cm³/mol. The molecule has 0 saturated heterocycles. The van der Waals surface area contributed by atoms with E-state index in [1.807, 2.05) is 0 Å². The molecule has 0 aliphatic heterocycles. The minimum atomic E-state index is 0.328. The molecule has 0 unspecified atom stereocenters. The average Bonchev–Trinajstić information content (AvgIpc) is 3.09. The van der Waals surface area contributed by atoms with Gasteiger partial charge >= 0.3 is 0 Å². The smallest absolute Gasteiger partial charge is 0.139 e. The van der Waals surface area contributed by atoms with Crippen molar-refractivity contribution in [1.29, 1.82) is 0 Å². The Morgan fingerprint density at radius 3 is 2.60 bits per heavy atom. The normalized spacial score (nSPS) is 24.5. The van der Waals surface area contributed by atoms with Crippen LogP contribution >= 0.6 is 0 Å². The van der Waals surface area contributed by atoms with Crippen molar-refractivity contribution in [2.45, 2.75) is 45.1 Å². The quantitative estimate of drug-likeness (QED) is 0.302. The summed E-state index contributed by atoms with van der Waals surface area (Å²) in [5.41, 5.74) is 5.92. The van der Waals surface area contributed by atoms with E-state index in [1.165, 1.54) is 25.7 Å². The number of oxime groups is 1. The highest BCUT2D eigenvalue weighted by Crippen LogP contribution is 2.50. The van der Waals surface area contributed by atoms with Crippen molar-refractivity contribution in [2.75, 3.05) is 13.1 Å². The molecule has 3 N–H and O–H groups in total. The molecule has 2 aliphatic rings. The Hall–Kier alpha value is -0.770. The minimum absolute atomic E-state index is 0.328.